The van der Waals surface area contributed by atoms with Gasteiger partial charge in [0, 0.05) is 5.92 Å². The fourth-order valence-electron chi connectivity index (χ4n) is 1.41. The molecule has 72 valence electrons. The molecule has 0 spiro atoms. The Morgan fingerprint density at radius 3 is 2.92 bits per heavy atom. The monoisotopic (exact) mass is 181 g/mol. The van der Waals surface area contributed by atoms with E-state index in [9.17, 15) is 0 Å². The van der Waals surface area contributed by atoms with Crippen LogP contribution in [0.3, 0.4) is 0 Å². The number of tetrazole rings is 1. The van der Waals surface area contributed by atoms with Crippen LogP contribution in [0.4, 0.5) is 0 Å². The summed E-state index contributed by atoms with van der Waals surface area (Å²) in [6, 6.07) is 0. The standard InChI is InChI=1S/C8H15N5/c9-5-2-6-13-11-8(10-12-13)7-3-1-4-7/h7H,1-6,9H2. The summed E-state index contributed by atoms with van der Waals surface area (Å²) < 4.78 is 0. The largest absolute Gasteiger partial charge is 0.330 e. The summed E-state index contributed by atoms with van der Waals surface area (Å²) in [7, 11) is 0. The third-order valence-electron chi connectivity index (χ3n) is 2.50. The van der Waals surface area contributed by atoms with E-state index in [0.717, 1.165) is 18.8 Å². The topological polar surface area (TPSA) is 69.6 Å². The molecule has 5 heteroatoms. The summed E-state index contributed by atoms with van der Waals surface area (Å²) in [5, 5.41) is 12.3. The Balaban J connectivity index is 1.92. The summed E-state index contributed by atoms with van der Waals surface area (Å²) in [5.41, 5.74) is 5.39. The fourth-order valence-corrected chi connectivity index (χ4v) is 1.41. The summed E-state index contributed by atoms with van der Waals surface area (Å²) >= 11 is 0. The van der Waals surface area contributed by atoms with Gasteiger partial charge >= 0.3 is 0 Å². The number of rotatable bonds is 4. The van der Waals surface area contributed by atoms with Crippen molar-refractivity contribution in [2.24, 2.45) is 5.73 Å². The van der Waals surface area contributed by atoms with Crippen LogP contribution in [0.1, 0.15) is 37.4 Å². The zero-order valence-electron chi connectivity index (χ0n) is 7.69. The average molecular weight is 181 g/mol. The second-order valence-electron chi connectivity index (χ2n) is 3.51. The summed E-state index contributed by atoms with van der Waals surface area (Å²) in [6.45, 7) is 1.47. The number of nitrogens with zero attached hydrogens (tertiary/aromatic N) is 4. The molecule has 13 heavy (non-hydrogen) atoms. The number of aryl methyl sites for hydroxylation is 1. The van der Waals surface area contributed by atoms with Gasteiger partial charge in [-0.05, 0) is 31.0 Å². The molecule has 0 radical (unpaired) electrons. The molecule has 0 aromatic carbocycles. The van der Waals surface area contributed by atoms with Crippen molar-refractivity contribution in [1.82, 2.24) is 20.2 Å². The Bertz CT molecular complexity index is 265. The highest BCUT2D eigenvalue weighted by atomic mass is 15.6. The summed E-state index contributed by atoms with van der Waals surface area (Å²) in [4.78, 5) is 1.65. The highest BCUT2D eigenvalue weighted by molar-refractivity contribution is 4.96. The first-order chi connectivity index (χ1) is 6.40. The Hall–Kier alpha value is -0.970. The van der Waals surface area contributed by atoms with Crippen LogP contribution < -0.4 is 5.73 Å². The van der Waals surface area contributed by atoms with Crippen molar-refractivity contribution in [3.8, 4) is 0 Å². The smallest absolute Gasteiger partial charge is 0.177 e. The van der Waals surface area contributed by atoms with Crippen molar-refractivity contribution in [3.05, 3.63) is 5.82 Å². The fraction of sp³-hybridized carbons (Fsp3) is 0.875. The molecule has 5 nitrogen and oxygen atoms in total. The molecule has 1 aliphatic rings. The second-order valence-corrected chi connectivity index (χ2v) is 3.51. The number of hydrogen-bond donors (Lipinski definition) is 1. The molecule has 2 N–H and O–H groups in total. The molecule has 1 saturated carbocycles. The van der Waals surface area contributed by atoms with Crippen LogP contribution in [0.2, 0.25) is 0 Å². The van der Waals surface area contributed by atoms with Gasteiger partial charge in [0.1, 0.15) is 0 Å². The number of aromatic nitrogens is 4. The minimum atomic E-state index is 0.576. The van der Waals surface area contributed by atoms with Gasteiger partial charge in [0.2, 0.25) is 0 Å². The molecule has 0 saturated heterocycles. The lowest BCUT2D eigenvalue weighted by molar-refractivity contribution is 0.398. The predicted octanol–water partition coefficient (Wildman–Crippen LogP) is 0.289. The molecule has 1 heterocycles. The highest BCUT2D eigenvalue weighted by Crippen LogP contribution is 2.33. The van der Waals surface area contributed by atoms with Crippen molar-refractivity contribution in [2.45, 2.75) is 38.1 Å². The lowest BCUT2D eigenvalue weighted by Crippen LogP contribution is -2.12. The van der Waals surface area contributed by atoms with Crippen molar-refractivity contribution in [2.75, 3.05) is 6.54 Å². The molecule has 1 fully saturated rings. The van der Waals surface area contributed by atoms with Crippen LogP contribution >= 0.6 is 0 Å². The Morgan fingerprint density at radius 1 is 1.46 bits per heavy atom. The van der Waals surface area contributed by atoms with Crippen LogP contribution in [0, 0.1) is 0 Å². The molecule has 0 amide bonds. The lowest BCUT2D eigenvalue weighted by atomic mass is 9.85. The average Bonchev–Trinajstić information content (AvgIpc) is 2.46. The third kappa shape index (κ3) is 1.85. The molecular weight excluding hydrogens is 166 g/mol. The van der Waals surface area contributed by atoms with E-state index in [2.05, 4.69) is 15.4 Å². The van der Waals surface area contributed by atoms with E-state index in [4.69, 9.17) is 5.73 Å². The quantitative estimate of drug-likeness (QED) is 0.724. The SMILES string of the molecule is NCCCn1nnc(C2CCC2)n1. The van der Waals surface area contributed by atoms with Crippen LogP contribution in [0.5, 0.6) is 0 Å². The van der Waals surface area contributed by atoms with E-state index in [-0.39, 0.29) is 0 Å². The van der Waals surface area contributed by atoms with E-state index < -0.39 is 0 Å². The van der Waals surface area contributed by atoms with E-state index in [1.165, 1.54) is 19.3 Å². The summed E-state index contributed by atoms with van der Waals surface area (Å²) in [5.74, 6) is 1.50. The van der Waals surface area contributed by atoms with E-state index in [0.29, 0.717) is 12.5 Å². The number of nitrogens with two attached hydrogens (primary N) is 1. The minimum absolute atomic E-state index is 0.576. The molecule has 0 aliphatic heterocycles. The molecule has 1 aliphatic carbocycles. The van der Waals surface area contributed by atoms with Gasteiger partial charge in [-0.15, -0.1) is 10.2 Å². The minimum Gasteiger partial charge on any atom is -0.330 e. The van der Waals surface area contributed by atoms with Gasteiger partial charge in [-0.2, -0.15) is 4.80 Å². The van der Waals surface area contributed by atoms with Gasteiger partial charge < -0.3 is 5.73 Å². The van der Waals surface area contributed by atoms with Gasteiger partial charge in [0.25, 0.3) is 0 Å². The molecule has 2 rings (SSSR count). The Labute approximate surface area is 77.3 Å². The van der Waals surface area contributed by atoms with Gasteiger partial charge in [0.05, 0.1) is 6.54 Å². The van der Waals surface area contributed by atoms with Gasteiger partial charge in [-0.1, -0.05) is 6.42 Å². The predicted molar refractivity (Wildman–Crippen MR) is 48.1 cm³/mol. The molecular formula is C8H15N5. The van der Waals surface area contributed by atoms with Gasteiger partial charge in [0.15, 0.2) is 5.82 Å². The zero-order chi connectivity index (χ0) is 9.10. The molecule has 0 bridgehead atoms. The first kappa shape index (κ1) is 8.62. The van der Waals surface area contributed by atoms with Crippen LogP contribution in [0.15, 0.2) is 0 Å². The van der Waals surface area contributed by atoms with Crippen molar-refractivity contribution in [1.29, 1.82) is 0 Å². The molecule has 0 unspecified atom stereocenters. The second kappa shape index (κ2) is 3.83. The Kier molecular flexibility index (Phi) is 2.54. The van der Waals surface area contributed by atoms with Crippen molar-refractivity contribution in [3.63, 3.8) is 0 Å². The maximum atomic E-state index is 5.39. The first-order valence-electron chi connectivity index (χ1n) is 4.88. The van der Waals surface area contributed by atoms with Gasteiger partial charge in [-0.25, -0.2) is 0 Å². The maximum absolute atomic E-state index is 5.39. The Morgan fingerprint density at radius 2 is 2.31 bits per heavy atom. The number of hydrogen-bond acceptors (Lipinski definition) is 4. The molecule has 1 aromatic heterocycles. The zero-order valence-corrected chi connectivity index (χ0v) is 7.69. The van der Waals surface area contributed by atoms with Crippen molar-refractivity contribution < 1.29 is 0 Å². The van der Waals surface area contributed by atoms with E-state index in [1.54, 1.807) is 4.80 Å². The molecule has 1 aromatic rings. The van der Waals surface area contributed by atoms with Crippen LogP contribution in [-0.4, -0.2) is 26.8 Å². The highest BCUT2D eigenvalue weighted by Gasteiger charge is 2.23. The lowest BCUT2D eigenvalue weighted by Gasteiger charge is -2.20. The van der Waals surface area contributed by atoms with Crippen LogP contribution in [0.25, 0.3) is 0 Å². The van der Waals surface area contributed by atoms with E-state index >= 15 is 0 Å². The van der Waals surface area contributed by atoms with E-state index in [1.807, 2.05) is 0 Å². The molecule has 0 atom stereocenters. The van der Waals surface area contributed by atoms with Crippen molar-refractivity contribution >= 4 is 0 Å². The van der Waals surface area contributed by atoms with Gasteiger partial charge in [-0.3, -0.25) is 0 Å². The normalized spacial score (nSPS) is 17.3. The summed E-state index contributed by atoms with van der Waals surface area (Å²) in [6.07, 6.45) is 4.67. The third-order valence-corrected chi connectivity index (χ3v) is 2.50. The maximum Gasteiger partial charge on any atom is 0.177 e. The van der Waals surface area contributed by atoms with Crippen LogP contribution in [-0.2, 0) is 6.54 Å². The first-order valence-corrected chi connectivity index (χ1v) is 4.88.